The number of hydrogen-bond acceptors (Lipinski definition) is 6. The van der Waals surface area contributed by atoms with E-state index in [2.05, 4.69) is 20.9 Å². The summed E-state index contributed by atoms with van der Waals surface area (Å²) >= 11 is 1.31. The number of halogens is 2. The molecular weight excluding hydrogens is 348 g/mol. The third-order valence-electron chi connectivity index (χ3n) is 3.68. The topological polar surface area (TPSA) is 75.0 Å². The van der Waals surface area contributed by atoms with E-state index in [0.717, 1.165) is 11.6 Å². The number of thioether (sulfide) groups is 1. The van der Waals surface area contributed by atoms with Gasteiger partial charge in [-0.15, -0.1) is 10.2 Å². The van der Waals surface area contributed by atoms with Gasteiger partial charge in [0.2, 0.25) is 5.16 Å². The van der Waals surface area contributed by atoms with E-state index < -0.39 is 17.1 Å². The van der Waals surface area contributed by atoms with Gasteiger partial charge in [-0.2, -0.15) is 0 Å². The van der Waals surface area contributed by atoms with Crippen LogP contribution >= 0.6 is 11.8 Å². The minimum atomic E-state index is -0.924. The fourth-order valence-electron chi connectivity index (χ4n) is 2.54. The maximum atomic E-state index is 13.8. The van der Waals surface area contributed by atoms with Crippen LogP contribution in [0.25, 0.3) is 0 Å². The van der Waals surface area contributed by atoms with Crippen LogP contribution in [-0.2, 0) is 6.42 Å². The Bertz CT molecular complexity index is 933. The maximum absolute atomic E-state index is 13.8. The molecule has 1 aliphatic heterocycles. The summed E-state index contributed by atoms with van der Waals surface area (Å²) in [5, 5.41) is 21.3. The van der Waals surface area contributed by atoms with Crippen LogP contribution in [-0.4, -0.2) is 25.5 Å². The first-order chi connectivity index (χ1) is 12.1. The molecule has 3 N–H and O–H groups in total. The number of benzene rings is 2. The molecule has 0 bridgehead atoms. The lowest BCUT2D eigenvalue weighted by atomic mass is 10.1. The highest BCUT2D eigenvalue weighted by Gasteiger charge is 2.27. The zero-order chi connectivity index (χ0) is 17.4. The second-order valence-electron chi connectivity index (χ2n) is 5.45. The van der Waals surface area contributed by atoms with Crippen molar-refractivity contribution in [1.29, 1.82) is 0 Å². The standard InChI is InChI=1S/C16H13F2N5OS/c17-11-5-2-6-12(14(11)18)19-15-22-23-13(20-21-16(23)25-15)8-9-3-1-4-10(24)7-9/h1-7,15,19,22,24H,8H2. The smallest absolute Gasteiger partial charge is 0.213 e. The van der Waals surface area contributed by atoms with Crippen molar-refractivity contribution in [3.05, 3.63) is 65.5 Å². The van der Waals surface area contributed by atoms with Gasteiger partial charge in [0.1, 0.15) is 5.75 Å². The number of rotatable bonds is 4. The Labute approximate surface area is 145 Å². The van der Waals surface area contributed by atoms with Crippen LogP contribution in [0.3, 0.4) is 0 Å². The van der Waals surface area contributed by atoms with Gasteiger partial charge in [0.15, 0.2) is 23.0 Å². The fraction of sp³-hybridized carbons (Fsp3) is 0.125. The first-order valence-corrected chi connectivity index (χ1v) is 8.34. The molecule has 4 rings (SSSR count). The van der Waals surface area contributed by atoms with Gasteiger partial charge in [-0.1, -0.05) is 18.2 Å². The number of phenolic OH excluding ortho intramolecular Hbond substituents is 1. The fourth-order valence-corrected chi connectivity index (χ4v) is 3.44. The number of fused-ring (bicyclic) bond motifs is 1. The average Bonchev–Trinajstić information content (AvgIpc) is 3.13. The summed E-state index contributed by atoms with van der Waals surface area (Å²) in [5.41, 5.74) is 3.64. The van der Waals surface area contributed by atoms with E-state index in [1.54, 1.807) is 22.9 Å². The second-order valence-corrected chi connectivity index (χ2v) is 6.53. The van der Waals surface area contributed by atoms with Gasteiger partial charge < -0.3 is 10.4 Å². The molecule has 1 aliphatic rings. The van der Waals surface area contributed by atoms with Crippen LogP contribution in [0.2, 0.25) is 0 Å². The van der Waals surface area contributed by atoms with Crippen LogP contribution in [0, 0.1) is 11.6 Å². The number of aromatic hydroxyl groups is 1. The van der Waals surface area contributed by atoms with Gasteiger partial charge in [-0.25, -0.2) is 13.5 Å². The van der Waals surface area contributed by atoms with Gasteiger partial charge in [0.25, 0.3) is 0 Å². The summed E-state index contributed by atoms with van der Waals surface area (Å²) in [6, 6.07) is 10.9. The van der Waals surface area contributed by atoms with Crippen molar-refractivity contribution in [2.24, 2.45) is 0 Å². The molecular formula is C16H13F2N5OS. The van der Waals surface area contributed by atoms with Crippen molar-refractivity contribution in [3.63, 3.8) is 0 Å². The number of nitrogens with one attached hydrogen (secondary N) is 2. The summed E-state index contributed by atoms with van der Waals surface area (Å²) in [6.07, 6.45) is 0.468. The van der Waals surface area contributed by atoms with Crippen LogP contribution < -0.4 is 10.7 Å². The number of phenols is 1. The molecule has 25 heavy (non-hydrogen) atoms. The molecule has 0 saturated heterocycles. The van der Waals surface area contributed by atoms with Crippen molar-refractivity contribution in [3.8, 4) is 5.75 Å². The Hall–Kier alpha value is -2.81. The zero-order valence-electron chi connectivity index (χ0n) is 12.8. The van der Waals surface area contributed by atoms with Crippen LogP contribution in [0.15, 0.2) is 47.6 Å². The molecule has 0 radical (unpaired) electrons. The van der Waals surface area contributed by atoms with E-state index >= 15 is 0 Å². The third-order valence-corrected chi connectivity index (χ3v) is 4.61. The van der Waals surface area contributed by atoms with Gasteiger partial charge >= 0.3 is 0 Å². The maximum Gasteiger partial charge on any atom is 0.213 e. The lowest BCUT2D eigenvalue weighted by molar-refractivity contribution is 0.474. The van der Waals surface area contributed by atoms with Crippen molar-refractivity contribution < 1.29 is 13.9 Å². The Morgan fingerprint density at radius 3 is 2.88 bits per heavy atom. The molecule has 6 nitrogen and oxygen atoms in total. The highest BCUT2D eigenvalue weighted by molar-refractivity contribution is 8.00. The van der Waals surface area contributed by atoms with E-state index in [1.807, 2.05) is 6.07 Å². The molecule has 1 unspecified atom stereocenters. The lowest BCUT2D eigenvalue weighted by Gasteiger charge is -2.15. The molecule has 2 heterocycles. The van der Waals surface area contributed by atoms with E-state index in [0.29, 0.717) is 17.4 Å². The predicted molar refractivity (Wildman–Crippen MR) is 89.9 cm³/mol. The van der Waals surface area contributed by atoms with Crippen LogP contribution in [0.1, 0.15) is 11.4 Å². The highest BCUT2D eigenvalue weighted by Crippen LogP contribution is 2.30. The minimum absolute atomic E-state index is 0.0678. The van der Waals surface area contributed by atoms with Crippen molar-refractivity contribution in [1.82, 2.24) is 14.9 Å². The molecule has 0 fully saturated rings. The number of nitrogens with zero attached hydrogens (tertiary/aromatic N) is 3. The Morgan fingerprint density at radius 2 is 2.04 bits per heavy atom. The largest absolute Gasteiger partial charge is 0.508 e. The summed E-state index contributed by atoms with van der Waals surface area (Å²) in [5.74, 6) is -0.997. The monoisotopic (exact) mass is 361 g/mol. The predicted octanol–water partition coefficient (Wildman–Crippen LogP) is 2.90. The summed E-state index contributed by atoms with van der Waals surface area (Å²) in [6.45, 7) is 0. The van der Waals surface area contributed by atoms with Crippen molar-refractivity contribution >= 4 is 17.4 Å². The van der Waals surface area contributed by atoms with E-state index in [4.69, 9.17) is 0 Å². The van der Waals surface area contributed by atoms with Crippen molar-refractivity contribution in [2.75, 3.05) is 10.7 Å². The van der Waals surface area contributed by atoms with Crippen LogP contribution in [0.5, 0.6) is 5.75 Å². The SMILES string of the molecule is Oc1cccc(Cc2nnc3n2NC(Nc2cccc(F)c2F)S3)c1. The molecule has 1 aromatic heterocycles. The molecule has 3 aromatic rings. The molecule has 1 atom stereocenters. The summed E-state index contributed by atoms with van der Waals surface area (Å²) in [4.78, 5) is 0. The molecule has 9 heteroatoms. The van der Waals surface area contributed by atoms with E-state index in [1.165, 1.54) is 23.9 Å². The first-order valence-electron chi connectivity index (χ1n) is 7.46. The highest BCUT2D eigenvalue weighted by atomic mass is 32.2. The molecule has 0 amide bonds. The number of aromatic nitrogens is 3. The molecule has 128 valence electrons. The molecule has 0 aliphatic carbocycles. The number of anilines is 1. The van der Waals surface area contributed by atoms with Crippen molar-refractivity contribution in [2.45, 2.75) is 17.1 Å². The Kier molecular flexibility index (Phi) is 3.92. The van der Waals surface area contributed by atoms with Gasteiger partial charge in [0.05, 0.1) is 5.69 Å². The van der Waals surface area contributed by atoms with Gasteiger partial charge in [-0.3, -0.25) is 5.43 Å². The Balaban J connectivity index is 1.50. The minimum Gasteiger partial charge on any atom is -0.508 e. The molecule has 0 spiro atoms. The normalized spacial score (nSPS) is 15.7. The first kappa shape index (κ1) is 15.7. The zero-order valence-corrected chi connectivity index (χ0v) is 13.6. The summed E-state index contributed by atoms with van der Waals surface area (Å²) < 4.78 is 28.8. The molecule has 2 aromatic carbocycles. The molecule has 0 saturated carbocycles. The number of hydrogen-bond donors (Lipinski definition) is 3. The summed E-state index contributed by atoms with van der Waals surface area (Å²) in [7, 11) is 0. The van der Waals surface area contributed by atoms with E-state index in [-0.39, 0.29) is 11.4 Å². The third kappa shape index (κ3) is 3.10. The van der Waals surface area contributed by atoms with Gasteiger partial charge in [0, 0.05) is 6.42 Å². The van der Waals surface area contributed by atoms with E-state index in [9.17, 15) is 13.9 Å². The van der Waals surface area contributed by atoms with Crippen LogP contribution in [0.4, 0.5) is 14.5 Å². The van der Waals surface area contributed by atoms with Gasteiger partial charge in [-0.05, 0) is 41.6 Å². The second kappa shape index (κ2) is 6.25. The lowest BCUT2D eigenvalue weighted by Crippen LogP contribution is -2.28. The Morgan fingerprint density at radius 1 is 1.20 bits per heavy atom. The quantitative estimate of drug-likeness (QED) is 0.664. The average molecular weight is 361 g/mol.